The van der Waals surface area contributed by atoms with Gasteiger partial charge in [0.15, 0.2) is 0 Å². The molecular formula is C25H24FN3OS. The number of halogens is 1. The van der Waals surface area contributed by atoms with Gasteiger partial charge in [0.2, 0.25) is 0 Å². The Morgan fingerprint density at radius 2 is 1.65 bits per heavy atom. The van der Waals surface area contributed by atoms with Crippen LogP contribution in [0.25, 0.3) is 10.2 Å². The largest absolute Gasteiger partial charge is 0.335 e. The summed E-state index contributed by atoms with van der Waals surface area (Å²) in [6, 6.07) is 21.2. The first kappa shape index (κ1) is 20.0. The number of hydrogen-bond acceptors (Lipinski definition) is 3. The minimum absolute atomic E-state index is 0.0269. The summed E-state index contributed by atoms with van der Waals surface area (Å²) >= 11 is 1.59. The number of hydrogen-bond donors (Lipinski definition) is 0. The van der Waals surface area contributed by atoms with Crippen molar-refractivity contribution in [3.8, 4) is 0 Å². The zero-order valence-electron chi connectivity index (χ0n) is 17.2. The third-order valence-electron chi connectivity index (χ3n) is 5.92. The number of piperazine rings is 1. The van der Waals surface area contributed by atoms with E-state index in [-0.39, 0.29) is 11.7 Å². The van der Waals surface area contributed by atoms with E-state index in [2.05, 4.69) is 29.2 Å². The van der Waals surface area contributed by atoms with Crippen molar-refractivity contribution in [2.45, 2.75) is 13.1 Å². The quantitative estimate of drug-likeness (QED) is 0.450. The Labute approximate surface area is 185 Å². The van der Waals surface area contributed by atoms with E-state index in [1.165, 1.54) is 11.6 Å². The minimum atomic E-state index is -0.242. The summed E-state index contributed by atoms with van der Waals surface area (Å²) in [4.78, 5) is 18.7. The molecule has 6 heteroatoms. The molecule has 158 valence electrons. The summed E-state index contributed by atoms with van der Waals surface area (Å²) in [7, 11) is 0. The third kappa shape index (κ3) is 4.13. The number of nitrogens with zero attached hydrogens (tertiary/aromatic N) is 3. The number of fused-ring (bicyclic) bond motifs is 1. The van der Waals surface area contributed by atoms with Gasteiger partial charge in [0.1, 0.15) is 16.3 Å². The number of carbonyl (C=O) groups is 1. The molecule has 0 atom stereocenters. The fourth-order valence-electron chi connectivity index (χ4n) is 4.22. The number of thiophene rings is 1. The lowest BCUT2D eigenvalue weighted by Gasteiger charge is -2.35. The van der Waals surface area contributed by atoms with Gasteiger partial charge in [0.25, 0.3) is 5.91 Å². The van der Waals surface area contributed by atoms with Crippen LogP contribution in [0.3, 0.4) is 0 Å². The second-order valence-electron chi connectivity index (χ2n) is 7.94. The number of rotatable bonds is 5. The van der Waals surface area contributed by atoms with Crippen LogP contribution < -0.4 is 0 Å². The Bertz CT molecular complexity index is 1190. The van der Waals surface area contributed by atoms with Crippen molar-refractivity contribution in [1.29, 1.82) is 0 Å². The lowest BCUT2D eigenvalue weighted by atomic mass is 10.2. The summed E-state index contributed by atoms with van der Waals surface area (Å²) in [6.07, 6.45) is 0. The van der Waals surface area contributed by atoms with Crippen molar-refractivity contribution in [1.82, 2.24) is 14.4 Å². The predicted molar refractivity (Wildman–Crippen MR) is 123 cm³/mol. The monoisotopic (exact) mass is 433 g/mol. The van der Waals surface area contributed by atoms with E-state index in [0.29, 0.717) is 30.9 Å². The van der Waals surface area contributed by atoms with Crippen LogP contribution in [0.2, 0.25) is 0 Å². The van der Waals surface area contributed by atoms with Gasteiger partial charge >= 0.3 is 0 Å². The van der Waals surface area contributed by atoms with Crippen LogP contribution in [0.1, 0.15) is 21.6 Å². The molecule has 0 aliphatic carbocycles. The Kier molecular flexibility index (Phi) is 5.57. The first-order valence-corrected chi connectivity index (χ1v) is 11.4. The van der Waals surface area contributed by atoms with Gasteiger partial charge in [-0.05, 0) is 29.1 Å². The van der Waals surface area contributed by atoms with E-state index in [4.69, 9.17) is 0 Å². The van der Waals surface area contributed by atoms with E-state index >= 15 is 0 Å². The molecule has 31 heavy (non-hydrogen) atoms. The summed E-state index contributed by atoms with van der Waals surface area (Å²) < 4.78 is 16.3. The lowest BCUT2D eigenvalue weighted by molar-refractivity contribution is 0.0619. The lowest BCUT2D eigenvalue weighted by Crippen LogP contribution is -2.48. The summed E-state index contributed by atoms with van der Waals surface area (Å²) in [5.74, 6) is -0.215. The molecule has 1 aliphatic heterocycles. The van der Waals surface area contributed by atoms with Crippen LogP contribution in [0.5, 0.6) is 0 Å². The van der Waals surface area contributed by atoms with Gasteiger partial charge in [-0.15, -0.1) is 11.3 Å². The minimum Gasteiger partial charge on any atom is -0.335 e. The highest BCUT2D eigenvalue weighted by Gasteiger charge is 2.26. The molecule has 0 spiro atoms. The molecule has 0 saturated carbocycles. The van der Waals surface area contributed by atoms with E-state index in [1.807, 2.05) is 39.1 Å². The van der Waals surface area contributed by atoms with Crippen LogP contribution >= 0.6 is 11.3 Å². The van der Waals surface area contributed by atoms with Crippen LogP contribution in [0, 0.1) is 5.82 Å². The van der Waals surface area contributed by atoms with Crippen molar-refractivity contribution in [3.63, 3.8) is 0 Å². The van der Waals surface area contributed by atoms with Gasteiger partial charge in [-0.3, -0.25) is 9.69 Å². The average Bonchev–Trinajstić information content (AvgIpc) is 3.39. The fourth-order valence-corrected chi connectivity index (χ4v) is 5.12. The van der Waals surface area contributed by atoms with Gasteiger partial charge < -0.3 is 9.47 Å². The van der Waals surface area contributed by atoms with Crippen LogP contribution in [-0.2, 0) is 13.1 Å². The maximum Gasteiger partial charge on any atom is 0.270 e. The van der Waals surface area contributed by atoms with Gasteiger partial charge in [0, 0.05) is 43.7 Å². The number of amides is 1. The smallest absolute Gasteiger partial charge is 0.270 e. The Balaban J connectivity index is 1.33. The summed E-state index contributed by atoms with van der Waals surface area (Å²) in [5, 5.41) is 3.05. The van der Waals surface area contributed by atoms with Crippen LogP contribution in [-0.4, -0.2) is 46.5 Å². The molecule has 1 saturated heterocycles. The van der Waals surface area contributed by atoms with Crippen LogP contribution in [0.4, 0.5) is 4.39 Å². The maximum absolute atomic E-state index is 14.3. The fraction of sp³-hybridized carbons (Fsp3) is 0.240. The molecule has 4 aromatic rings. The first-order chi connectivity index (χ1) is 15.2. The molecule has 0 unspecified atom stereocenters. The summed E-state index contributed by atoms with van der Waals surface area (Å²) in [6.45, 7) is 4.36. The van der Waals surface area contributed by atoms with E-state index < -0.39 is 0 Å². The standard InChI is InChI=1S/C25H24FN3OS/c26-22-9-5-4-8-21(22)18-29-23(16-20-10-15-31-25(20)29)24(30)28-13-11-27(12-14-28)17-19-6-2-1-3-7-19/h1-10,15-16H,11-14,17-18H2. The summed E-state index contributed by atoms with van der Waals surface area (Å²) in [5.41, 5.74) is 2.53. The Morgan fingerprint density at radius 3 is 2.42 bits per heavy atom. The molecule has 2 aromatic heterocycles. The molecule has 2 aromatic carbocycles. The van der Waals surface area contributed by atoms with Crippen molar-refractivity contribution in [3.05, 3.63) is 94.7 Å². The van der Waals surface area contributed by atoms with E-state index in [0.717, 1.165) is 29.9 Å². The van der Waals surface area contributed by atoms with Gasteiger partial charge in [-0.1, -0.05) is 48.5 Å². The second kappa shape index (κ2) is 8.65. The van der Waals surface area contributed by atoms with Crippen LogP contribution in [0.15, 0.2) is 72.1 Å². The molecule has 0 bridgehead atoms. The highest BCUT2D eigenvalue weighted by atomic mass is 32.1. The zero-order valence-corrected chi connectivity index (χ0v) is 18.0. The maximum atomic E-state index is 14.3. The average molecular weight is 434 g/mol. The molecule has 3 heterocycles. The van der Waals surface area contributed by atoms with Gasteiger partial charge in [-0.2, -0.15) is 0 Å². The number of carbonyl (C=O) groups excluding carboxylic acids is 1. The van der Waals surface area contributed by atoms with Gasteiger partial charge in [-0.25, -0.2) is 4.39 Å². The number of benzene rings is 2. The van der Waals surface area contributed by atoms with Crippen molar-refractivity contribution < 1.29 is 9.18 Å². The molecule has 4 nitrogen and oxygen atoms in total. The molecule has 1 aliphatic rings. The first-order valence-electron chi connectivity index (χ1n) is 10.5. The molecular weight excluding hydrogens is 409 g/mol. The van der Waals surface area contributed by atoms with Crippen molar-refractivity contribution in [2.75, 3.05) is 26.2 Å². The number of aromatic nitrogens is 1. The predicted octanol–water partition coefficient (Wildman–Crippen LogP) is 4.85. The highest BCUT2D eigenvalue weighted by Crippen LogP contribution is 2.28. The molecule has 5 rings (SSSR count). The Hall–Kier alpha value is -2.96. The van der Waals surface area contributed by atoms with E-state index in [1.54, 1.807) is 23.5 Å². The van der Waals surface area contributed by atoms with Crippen molar-refractivity contribution >= 4 is 27.5 Å². The van der Waals surface area contributed by atoms with Crippen molar-refractivity contribution in [2.24, 2.45) is 0 Å². The van der Waals surface area contributed by atoms with Gasteiger partial charge in [0.05, 0.1) is 6.54 Å². The second-order valence-corrected chi connectivity index (χ2v) is 8.84. The molecule has 0 radical (unpaired) electrons. The Morgan fingerprint density at radius 1 is 0.903 bits per heavy atom. The van der Waals surface area contributed by atoms with E-state index in [9.17, 15) is 9.18 Å². The topological polar surface area (TPSA) is 28.5 Å². The molecule has 1 amide bonds. The normalized spacial score (nSPS) is 14.9. The third-order valence-corrected chi connectivity index (χ3v) is 6.87. The molecule has 0 N–H and O–H groups in total. The highest BCUT2D eigenvalue weighted by molar-refractivity contribution is 7.16. The molecule has 1 fully saturated rings. The SMILES string of the molecule is O=C(c1cc2ccsc2n1Cc1ccccc1F)N1CCN(Cc2ccccc2)CC1. The zero-order chi connectivity index (χ0) is 21.2.